The molecule has 2 aromatic carbocycles. The Morgan fingerprint density at radius 3 is 2.07 bits per heavy atom. The molecule has 3 amide bonds. The predicted molar refractivity (Wildman–Crippen MR) is 166 cm³/mol. The largest absolute Gasteiger partial charge is 0.471 e. The van der Waals surface area contributed by atoms with Gasteiger partial charge in [-0.15, -0.1) is 0 Å². The Kier molecular flexibility index (Phi) is 8.82. The van der Waals surface area contributed by atoms with E-state index in [1.165, 1.54) is 0 Å². The maximum absolute atomic E-state index is 14.5. The van der Waals surface area contributed by atoms with Crippen LogP contribution in [0.4, 0.5) is 13.2 Å². The highest BCUT2D eigenvalue weighted by molar-refractivity contribution is 9.10. The van der Waals surface area contributed by atoms with Crippen LogP contribution in [0.3, 0.4) is 0 Å². The maximum atomic E-state index is 14.5. The molecule has 3 aliphatic rings. The number of alkyl halides is 4. The number of esters is 1. The average Bonchev–Trinajstić information content (AvgIpc) is 3.41. The Labute approximate surface area is 272 Å². The van der Waals surface area contributed by atoms with Gasteiger partial charge in [0.2, 0.25) is 11.8 Å². The van der Waals surface area contributed by atoms with Gasteiger partial charge in [-0.3, -0.25) is 24.1 Å². The zero-order chi connectivity index (χ0) is 33.7. The summed E-state index contributed by atoms with van der Waals surface area (Å²) in [7, 11) is 0. The first-order valence-corrected chi connectivity index (χ1v) is 16.0. The molecule has 4 unspecified atom stereocenters. The molecule has 2 aromatic rings. The average molecular weight is 704 g/mol. The third kappa shape index (κ3) is 4.91. The SMILES string of the molecule is CCCOC(=O)[C@H](CCCCN1C(=O)C2C3(C)C(=O)C(C)(C(c4ccccc4)=C3c3ccccc3)C2(Br)C1=O)NC(=O)C(F)(F)F. The summed E-state index contributed by atoms with van der Waals surface area (Å²) in [5, 5.41) is 1.69. The molecule has 1 N–H and O–H groups in total. The van der Waals surface area contributed by atoms with Gasteiger partial charge in [-0.1, -0.05) is 83.5 Å². The van der Waals surface area contributed by atoms with Crippen LogP contribution in [0.25, 0.3) is 11.1 Å². The Bertz CT molecular complexity index is 1610. The van der Waals surface area contributed by atoms with Gasteiger partial charge in [0.1, 0.15) is 10.4 Å². The zero-order valence-electron chi connectivity index (χ0n) is 25.6. The number of nitrogens with one attached hydrogen (secondary N) is 1. The highest BCUT2D eigenvalue weighted by Crippen LogP contribution is 2.77. The van der Waals surface area contributed by atoms with Crippen LogP contribution in [0.15, 0.2) is 60.7 Å². The number of unbranched alkanes of at least 4 members (excludes halogenated alkanes) is 1. The number of rotatable bonds is 11. The monoisotopic (exact) mass is 702 g/mol. The number of nitrogens with zero attached hydrogens (tertiary/aromatic N) is 1. The molecule has 1 aliphatic heterocycles. The van der Waals surface area contributed by atoms with Crippen molar-refractivity contribution in [2.45, 2.75) is 63.0 Å². The Hall–Kier alpha value is -3.80. The zero-order valence-corrected chi connectivity index (χ0v) is 27.2. The van der Waals surface area contributed by atoms with Crippen molar-refractivity contribution in [1.82, 2.24) is 10.2 Å². The summed E-state index contributed by atoms with van der Waals surface area (Å²) in [5.41, 5.74) is 0.161. The van der Waals surface area contributed by atoms with Crippen LogP contribution in [0, 0.1) is 16.7 Å². The summed E-state index contributed by atoms with van der Waals surface area (Å²) in [6, 6.07) is 17.1. The number of hydrogen-bond acceptors (Lipinski definition) is 6. The molecule has 2 fully saturated rings. The molecule has 2 bridgehead atoms. The molecule has 12 heteroatoms. The molecular weight excluding hydrogens is 669 g/mol. The van der Waals surface area contributed by atoms with Crippen molar-refractivity contribution in [3.8, 4) is 0 Å². The van der Waals surface area contributed by atoms with E-state index in [0.717, 1.165) is 16.0 Å². The van der Waals surface area contributed by atoms with Crippen LogP contribution in [0.1, 0.15) is 57.6 Å². The van der Waals surface area contributed by atoms with Gasteiger partial charge < -0.3 is 10.1 Å². The van der Waals surface area contributed by atoms with Gasteiger partial charge >= 0.3 is 18.1 Å². The second kappa shape index (κ2) is 12.1. The summed E-state index contributed by atoms with van der Waals surface area (Å²) >= 11 is 3.68. The van der Waals surface area contributed by atoms with E-state index in [1.54, 1.807) is 26.1 Å². The molecule has 0 radical (unpaired) electrons. The van der Waals surface area contributed by atoms with Gasteiger partial charge in [0.25, 0.3) is 0 Å². The molecule has 0 spiro atoms. The molecule has 2 aliphatic carbocycles. The number of ketones is 1. The third-order valence-corrected chi connectivity index (χ3v) is 11.1. The lowest BCUT2D eigenvalue weighted by Crippen LogP contribution is -2.50. The van der Waals surface area contributed by atoms with Crippen molar-refractivity contribution >= 4 is 56.6 Å². The van der Waals surface area contributed by atoms with Gasteiger partial charge in [-0.25, -0.2) is 4.79 Å². The minimum absolute atomic E-state index is 0.0248. The summed E-state index contributed by atoms with van der Waals surface area (Å²) in [6.45, 7) is 5.04. The Morgan fingerprint density at radius 2 is 1.52 bits per heavy atom. The van der Waals surface area contributed by atoms with E-state index in [2.05, 4.69) is 15.9 Å². The van der Waals surface area contributed by atoms with E-state index < -0.39 is 57.0 Å². The third-order valence-electron chi connectivity index (χ3n) is 9.51. The minimum Gasteiger partial charge on any atom is -0.464 e. The lowest BCUT2D eigenvalue weighted by atomic mass is 9.63. The predicted octanol–water partition coefficient (Wildman–Crippen LogP) is 5.50. The fraction of sp³-hybridized carbons (Fsp3) is 0.441. The first-order chi connectivity index (χ1) is 21.7. The topological polar surface area (TPSA) is 110 Å². The van der Waals surface area contributed by atoms with Crippen LogP contribution in [-0.4, -0.2) is 64.1 Å². The standard InChI is InChI=1S/C34H34BrF3N2O6/c1-4-19-46-27(42)22(39-29(44)34(36,37)38)17-11-12-18-40-26(41)25-31(2)23(20-13-7-5-8-14-20)24(21-15-9-6-10-16-21)32(3,28(31)43)33(25,35)30(40)45/h5-10,13-16,22,25H,4,11-12,17-19H2,1-3H3,(H,39,44)/t22-,25?,31?,32?,33?/m0/s1. The minimum atomic E-state index is -5.19. The van der Waals surface area contributed by atoms with Gasteiger partial charge in [0.05, 0.1) is 23.4 Å². The number of ether oxygens (including phenoxy) is 1. The van der Waals surface area contributed by atoms with E-state index in [0.29, 0.717) is 17.6 Å². The summed E-state index contributed by atoms with van der Waals surface area (Å²) < 4.78 is 42.1. The van der Waals surface area contributed by atoms with Crippen molar-refractivity contribution in [1.29, 1.82) is 0 Å². The molecule has 1 saturated heterocycles. The van der Waals surface area contributed by atoms with Gasteiger partial charge in [-0.05, 0) is 61.8 Å². The van der Waals surface area contributed by atoms with E-state index in [9.17, 15) is 37.1 Å². The molecular formula is C34H34BrF3N2O6. The van der Waals surface area contributed by atoms with Crippen molar-refractivity contribution in [2.75, 3.05) is 13.2 Å². The van der Waals surface area contributed by atoms with E-state index in [1.807, 2.05) is 60.7 Å². The molecule has 1 saturated carbocycles. The second-order valence-electron chi connectivity index (χ2n) is 12.3. The Balaban J connectivity index is 1.42. The molecule has 46 heavy (non-hydrogen) atoms. The number of halogens is 4. The van der Waals surface area contributed by atoms with Gasteiger partial charge in [0.15, 0.2) is 5.78 Å². The van der Waals surface area contributed by atoms with Gasteiger partial charge in [-0.2, -0.15) is 13.2 Å². The number of carbonyl (C=O) groups excluding carboxylic acids is 5. The number of hydrogen-bond donors (Lipinski definition) is 1. The molecule has 5 atom stereocenters. The summed E-state index contributed by atoms with van der Waals surface area (Å²) in [5.74, 6) is -5.61. The van der Waals surface area contributed by atoms with E-state index >= 15 is 0 Å². The molecule has 5 rings (SSSR count). The van der Waals surface area contributed by atoms with Crippen LogP contribution in [-0.2, 0) is 28.7 Å². The van der Waals surface area contributed by atoms with Gasteiger partial charge in [0, 0.05) is 6.54 Å². The molecule has 8 nitrogen and oxygen atoms in total. The number of imide groups is 1. The number of fused-ring (bicyclic) bond motifs is 5. The first kappa shape index (κ1) is 33.6. The smallest absolute Gasteiger partial charge is 0.464 e. The first-order valence-electron chi connectivity index (χ1n) is 15.2. The van der Waals surface area contributed by atoms with Crippen molar-refractivity contribution in [2.24, 2.45) is 16.7 Å². The fourth-order valence-corrected chi connectivity index (χ4v) is 8.73. The number of likely N-dealkylation sites (tertiary alicyclic amines) is 1. The quantitative estimate of drug-likeness (QED) is 0.144. The van der Waals surface area contributed by atoms with E-state index in [4.69, 9.17) is 4.74 Å². The molecule has 1 heterocycles. The molecule has 0 aromatic heterocycles. The number of amides is 3. The lowest BCUT2D eigenvalue weighted by molar-refractivity contribution is -0.176. The summed E-state index contributed by atoms with van der Waals surface area (Å²) in [6.07, 6.45) is -4.72. The van der Waals surface area contributed by atoms with Crippen molar-refractivity contribution in [3.05, 3.63) is 71.8 Å². The highest BCUT2D eigenvalue weighted by atomic mass is 79.9. The number of allylic oxidation sites excluding steroid dienone is 2. The normalized spacial score (nSPS) is 27.7. The maximum Gasteiger partial charge on any atom is 0.471 e. The molecule has 244 valence electrons. The highest BCUT2D eigenvalue weighted by Gasteiger charge is 2.85. The van der Waals surface area contributed by atoms with Crippen molar-refractivity contribution in [3.63, 3.8) is 0 Å². The van der Waals surface area contributed by atoms with Crippen LogP contribution in [0.2, 0.25) is 0 Å². The van der Waals surface area contributed by atoms with Crippen LogP contribution >= 0.6 is 15.9 Å². The number of carbonyl (C=O) groups is 5. The number of benzene rings is 2. The number of Topliss-reactive ketones (excluding diaryl/α,β-unsaturated/α-hetero) is 1. The van der Waals surface area contributed by atoms with Crippen LogP contribution in [0.5, 0.6) is 0 Å². The lowest BCUT2D eigenvalue weighted by Gasteiger charge is -2.41. The second-order valence-corrected chi connectivity index (χ2v) is 13.5. The van der Waals surface area contributed by atoms with Crippen LogP contribution < -0.4 is 5.32 Å². The summed E-state index contributed by atoms with van der Waals surface area (Å²) in [4.78, 5) is 68.0. The van der Waals surface area contributed by atoms with E-state index in [-0.39, 0.29) is 38.2 Å². The Morgan fingerprint density at radius 1 is 0.957 bits per heavy atom. The van der Waals surface area contributed by atoms with Crippen molar-refractivity contribution < 1.29 is 41.9 Å². The fourth-order valence-electron chi connectivity index (χ4n) is 7.48.